The van der Waals surface area contributed by atoms with E-state index in [9.17, 15) is 0 Å². The number of hydrogen-bond acceptors (Lipinski definition) is 3. The Labute approximate surface area is 70.4 Å². The van der Waals surface area contributed by atoms with Gasteiger partial charge in [0.15, 0.2) is 0 Å². The third-order valence-electron chi connectivity index (χ3n) is 3.04. The van der Waals surface area contributed by atoms with Gasteiger partial charge in [0.1, 0.15) is 6.10 Å². The predicted octanol–water partition coefficient (Wildman–Crippen LogP) is 1.51. The van der Waals surface area contributed by atoms with E-state index < -0.39 is 0 Å². The van der Waals surface area contributed by atoms with Crippen LogP contribution in [-0.4, -0.2) is 23.3 Å². The van der Waals surface area contributed by atoms with Gasteiger partial charge in [-0.1, -0.05) is 5.16 Å². The molecule has 4 aliphatic rings. The summed E-state index contributed by atoms with van der Waals surface area (Å²) in [6.07, 6.45) is 5.22. The zero-order valence-electron chi connectivity index (χ0n) is 6.27. The molecular weight excluding hydrogens is 158 g/mol. The summed E-state index contributed by atoms with van der Waals surface area (Å²) in [5.41, 5.74) is 0. The molecule has 1 saturated carbocycles. The number of thioether (sulfide) groups is 1. The summed E-state index contributed by atoms with van der Waals surface area (Å²) < 4.78 is 0. The van der Waals surface area contributed by atoms with Crippen LogP contribution >= 0.6 is 11.8 Å². The van der Waals surface area contributed by atoms with E-state index in [1.165, 1.54) is 18.6 Å². The summed E-state index contributed by atoms with van der Waals surface area (Å²) in [4.78, 5) is 5.35. The van der Waals surface area contributed by atoms with Gasteiger partial charge in [-0.3, -0.25) is 0 Å². The summed E-state index contributed by atoms with van der Waals surface area (Å²) in [5, 5.41) is 4.75. The number of nitrogens with zero attached hydrogens (tertiary/aromatic N) is 1. The molecule has 0 aromatic heterocycles. The lowest BCUT2D eigenvalue weighted by Gasteiger charge is -2.42. The molecule has 11 heavy (non-hydrogen) atoms. The monoisotopic (exact) mass is 169 g/mol. The Morgan fingerprint density at radius 1 is 1.45 bits per heavy atom. The van der Waals surface area contributed by atoms with Crippen molar-refractivity contribution in [3.63, 3.8) is 0 Å². The molecule has 2 nitrogen and oxygen atoms in total. The van der Waals surface area contributed by atoms with Crippen LogP contribution in [0, 0.1) is 11.8 Å². The van der Waals surface area contributed by atoms with Gasteiger partial charge in [-0.15, -0.1) is 0 Å². The lowest BCUT2D eigenvalue weighted by Crippen LogP contribution is -2.45. The van der Waals surface area contributed by atoms with Crippen molar-refractivity contribution in [2.45, 2.75) is 24.2 Å². The molecule has 0 unspecified atom stereocenters. The molecule has 2 saturated heterocycles. The maximum absolute atomic E-state index is 5.35. The predicted molar refractivity (Wildman–Crippen MR) is 45.8 cm³/mol. The van der Waals surface area contributed by atoms with E-state index in [-0.39, 0.29) is 0 Å². The van der Waals surface area contributed by atoms with Crippen molar-refractivity contribution in [1.82, 2.24) is 0 Å². The molecule has 0 radical (unpaired) electrons. The van der Waals surface area contributed by atoms with Gasteiger partial charge in [-0.05, 0) is 12.8 Å². The Hall–Kier alpha value is -0.180. The first kappa shape index (κ1) is 6.35. The Kier molecular flexibility index (Phi) is 1.24. The first-order valence-corrected chi connectivity index (χ1v) is 5.31. The third kappa shape index (κ3) is 0.776. The fraction of sp³-hybridized carbons (Fsp3) is 0.875. The zero-order chi connectivity index (χ0) is 7.26. The minimum Gasteiger partial charge on any atom is -0.392 e. The highest BCUT2D eigenvalue weighted by atomic mass is 32.2. The normalized spacial score (nSPS) is 52.4. The van der Waals surface area contributed by atoms with E-state index in [1.54, 1.807) is 0 Å². The van der Waals surface area contributed by atoms with Crippen molar-refractivity contribution < 1.29 is 4.84 Å². The Morgan fingerprint density at radius 2 is 2.45 bits per heavy atom. The van der Waals surface area contributed by atoms with Crippen molar-refractivity contribution in [2.75, 3.05) is 5.75 Å². The maximum Gasteiger partial charge on any atom is 0.140 e. The molecular formula is C8H11NOS. The Balaban J connectivity index is 1.93. The molecule has 4 atom stereocenters. The van der Waals surface area contributed by atoms with Crippen LogP contribution in [0.15, 0.2) is 5.16 Å². The van der Waals surface area contributed by atoms with Crippen LogP contribution in [0.1, 0.15) is 12.8 Å². The number of fused-ring (bicyclic) bond motifs is 2. The van der Waals surface area contributed by atoms with E-state index in [4.69, 9.17) is 4.84 Å². The minimum absolute atomic E-state index is 0.454. The molecule has 0 N–H and O–H groups in total. The van der Waals surface area contributed by atoms with Gasteiger partial charge in [-0.2, -0.15) is 11.8 Å². The number of oxime groups is 1. The second-order valence-corrected chi connectivity index (χ2v) is 4.88. The molecule has 3 fully saturated rings. The Morgan fingerprint density at radius 3 is 3.18 bits per heavy atom. The first-order chi connectivity index (χ1) is 5.45. The lowest BCUT2D eigenvalue weighted by atomic mass is 9.79. The van der Waals surface area contributed by atoms with Gasteiger partial charge in [0.05, 0.1) is 6.21 Å². The lowest BCUT2D eigenvalue weighted by molar-refractivity contribution is 0.00231. The standard InChI is InChI=1S/C8H11NOS/c1-2-7-6-3-9-10-8(6)5(1)4-11-7/h3,5-8H,1-2,4H2/t5-,6+,7-,8-/m0/s1. The molecule has 3 aliphatic heterocycles. The van der Waals surface area contributed by atoms with Crippen LogP contribution < -0.4 is 0 Å². The summed E-state index contributed by atoms with van der Waals surface area (Å²) >= 11 is 2.12. The number of hydrogen-bond donors (Lipinski definition) is 0. The number of rotatable bonds is 0. The van der Waals surface area contributed by atoms with Gasteiger partial charge in [-0.25, -0.2) is 0 Å². The molecule has 2 bridgehead atoms. The van der Waals surface area contributed by atoms with E-state index in [0.717, 1.165) is 11.2 Å². The molecule has 1 aliphatic carbocycles. The average molecular weight is 169 g/mol. The van der Waals surface area contributed by atoms with E-state index in [0.29, 0.717) is 12.0 Å². The molecule has 0 aromatic rings. The SMILES string of the molecule is C1=NO[C@H]2[C@H]3CC[C@H](SC3)[C@@H]12. The second kappa shape index (κ2) is 2.16. The van der Waals surface area contributed by atoms with Crippen LogP contribution in [0.4, 0.5) is 0 Å². The van der Waals surface area contributed by atoms with Gasteiger partial charge in [0.2, 0.25) is 0 Å². The largest absolute Gasteiger partial charge is 0.392 e. The molecule has 0 amide bonds. The molecule has 60 valence electrons. The highest BCUT2D eigenvalue weighted by Gasteiger charge is 2.47. The van der Waals surface area contributed by atoms with Crippen LogP contribution in [-0.2, 0) is 4.84 Å². The molecule has 3 heterocycles. The van der Waals surface area contributed by atoms with Crippen LogP contribution in [0.25, 0.3) is 0 Å². The van der Waals surface area contributed by atoms with Crippen molar-refractivity contribution in [3.05, 3.63) is 0 Å². The molecule has 4 rings (SSSR count). The highest BCUT2D eigenvalue weighted by molar-refractivity contribution is 8.00. The molecule has 3 heteroatoms. The Bertz CT molecular complexity index is 198. The van der Waals surface area contributed by atoms with Gasteiger partial charge in [0, 0.05) is 22.8 Å². The van der Waals surface area contributed by atoms with Crippen molar-refractivity contribution >= 4 is 18.0 Å². The van der Waals surface area contributed by atoms with Crippen molar-refractivity contribution in [2.24, 2.45) is 17.0 Å². The summed E-state index contributed by atoms with van der Waals surface area (Å²) in [7, 11) is 0. The van der Waals surface area contributed by atoms with Crippen LogP contribution in [0.3, 0.4) is 0 Å². The minimum atomic E-state index is 0.454. The van der Waals surface area contributed by atoms with E-state index in [2.05, 4.69) is 16.9 Å². The van der Waals surface area contributed by atoms with Crippen LogP contribution in [0.2, 0.25) is 0 Å². The van der Waals surface area contributed by atoms with E-state index >= 15 is 0 Å². The van der Waals surface area contributed by atoms with Gasteiger partial charge in [0.25, 0.3) is 0 Å². The summed E-state index contributed by atoms with van der Waals surface area (Å²) in [6, 6.07) is 0. The van der Waals surface area contributed by atoms with E-state index in [1.807, 2.05) is 6.21 Å². The smallest absolute Gasteiger partial charge is 0.140 e. The average Bonchev–Trinajstić information content (AvgIpc) is 2.55. The van der Waals surface area contributed by atoms with Gasteiger partial charge < -0.3 is 4.84 Å². The zero-order valence-corrected chi connectivity index (χ0v) is 7.09. The topological polar surface area (TPSA) is 21.6 Å². The molecule has 0 aromatic carbocycles. The maximum atomic E-state index is 5.35. The van der Waals surface area contributed by atoms with Gasteiger partial charge >= 0.3 is 0 Å². The summed E-state index contributed by atoms with van der Waals surface area (Å²) in [5.74, 6) is 2.74. The third-order valence-corrected chi connectivity index (χ3v) is 4.63. The van der Waals surface area contributed by atoms with Crippen molar-refractivity contribution in [1.29, 1.82) is 0 Å². The highest BCUT2D eigenvalue weighted by Crippen LogP contribution is 2.46. The second-order valence-electron chi connectivity index (χ2n) is 3.61. The quantitative estimate of drug-likeness (QED) is 0.548. The first-order valence-electron chi connectivity index (χ1n) is 4.26. The fourth-order valence-corrected chi connectivity index (χ4v) is 3.99. The molecule has 0 spiro atoms. The summed E-state index contributed by atoms with van der Waals surface area (Å²) in [6.45, 7) is 0. The van der Waals surface area contributed by atoms with Crippen molar-refractivity contribution in [3.8, 4) is 0 Å². The fourth-order valence-electron chi connectivity index (χ4n) is 2.39. The van der Waals surface area contributed by atoms with Crippen LogP contribution in [0.5, 0.6) is 0 Å².